The minimum absolute atomic E-state index is 0.00142. The molecule has 0 spiro atoms. The molecule has 2 aromatic heterocycles. The van der Waals surface area contributed by atoms with Gasteiger partial charge in [-0.3, -0.25) is 14.3 Å². The number of likely N-dealkylation sites (N-methyl/N-ethyl adjacent to an activating group) is 1. The van der Waals surface area contributed by atoms with Gasteiger partial charge in [0.2, 0.25) is 5.91 Å². The number of carbonyl (C=O) groups excluding carboxylic acids is 1. The van der Waals surface area contributed by atoms with Gasteiger partial charge in [0.1, 0.15) is 5.25 Å². The van der Waals surface area contributed by atoms with Crippen LogP contribution in [0.2, 0.25) is 0 Å². The summed E-state index contributed by atoms with van der Waals surface area (Å²) in [5.74, 6) is 0.687. The largest absolute Gasteiger partial charge is 0.348 e. The van der Waals surface area contributed by atoms with E-state index in [-0.39, 0.29) is 5.91 Å². The van der Waals surface area contributed by atoms with E-state index in [2.05, 4.69) is 28.2 Å². The Morgan fingerprint density at radius 2 is 1.71 bits per heavy atom. The Kier molecular flexibility index (Phi) is 6.13. The van der Waals surface area contributed by atoms with E-state index in [9.17, 15) is 4.79 Å². The highest BCUT2D eigenvalue weighted by atomic mass is 32.2. The molecule has 0 saturated heterocycles. The van der Waals surface area contributed by atoms with Gasteiger partial charge in [-0.25, -0.2) is 0 Å². The molecule has 0 aliphatic rings. The maximum atomic E-state index is 13.1. The number of pyridine rings is 1. The fraction of sp³-hybridized carbons (Fsp3) is 0.167. The summed E-state index contributed by atoms with van der Waals surface area (Å²) in [4.78, 5) is 18.9. The average molecular weight is 430 g/mol. The van der Waals surface area contributed by atoms with Gasteiger partial charge in [0.15, 0.2) is 11.0 Å². The van der Waals surface area contributed by atoms with Crippen LogP contribution in [-0.2, 0) is 4.79 Å². The molecule has 31 heavy (non-hydrogen) atoms. The second kappa shape index (κ2) is 9.14. The van der Waals surface area contributed by atoms with Crippen LogP contribution in [0.4, 0.5) is 0 Å². The van der Waals surface area contributed by atoms with Crippen molar-refractivity contribution >= 4 is 17.7 Å². The van der Waals surface area contributed by atoms with Crippen LogP contribution in [-0.4, -0.2) is 44.7 Å². The number of nitrogens with zero attached hydrogens (tertiary/aromatic N) is 5. The van der Waals surface area contributed by atoms with E-state index in [1.165, 1.54) is 11.8 Å². The van der Waals surface area contributed by atoms with Gasteiger partial charge in [0.25, 0.3) is 0 Å². The predicted molar refractivity (Wildman–Crippen MR) is 123 cm³/mol. The van der Waals surface area contributed by atoms with Crippen molar-refractivity contribution in [2.45, 2.75) is 17.3 Å². The van der Waals surface area contributed by atoms with Crippen LogP contribution in [0.25, 0.3) is 17.1 Å². The number of hydrogen-bond acceptors (Lipinski definition) is 5. The molecule has 0 saturated carbocycles. The molecule has 0 fully saturated rings. The highest BCUT2D eigenvalue weighted by Crippen LogP contribution is 2.38. The van der Waals surface area contributed by atoms with Crippen molar-refractivity contribution in [2.24, 2.45) is 0 Å². The van der Waals surface area contributed by atoms with Crippen LogP contribution in [0.15, 0.2) is 84.3 Å². The zero-order chi connectivity index (χ0) is 21.8. The van der Waals surface area contributed by atoms with E-state index in [4.69, 9.17) is 0 Å². The van der Waals surface area contributed by atoms with E-state index in [0.29, 0.717) is 11.0 Å². The molecule has 0 radical (unpaired) electrons. The number of aryl methyl sites for hydroxylation is 1. The van der Waals surface area contributed by atoms with Crippen LogP contribution < -0.4 is 0 Å². The lowest BCUT2D eigenvalue weighted by Gasteiger charge is -2.21. The van der Waals surface area contributed by atoms with Gasteiger partial charge >= 0.3 is 0 Å². The Hall–Kier alpha value is -3.45. The molecule has 2 aromatic carbocycles. The first kappa shape index (κ1) is 20.8. The van der Waals surface area contributed by atoms with Gasteiger partial charge in [0, 0.05) is 32.1 Å². The Balaban J connectivity index is 1.85. The molecule has 1 atom stereocenters. The monoisotopic (exact) mass is 429 g/mol. The molecular formula is C24H23N5OS. The molecule has 156 valence electrons. The second-order valence-electron chi connectivity index (χ2n) is 7.31. The fourth-order valence-electron chi connectivity index (χ4n) is 3.29. The Labute approximate surface area is 186 Å². The van der Waals surface area contributed by atoms with Gasteiger partial charge in [0.05, 0.1) is 5.69 Å². The molecule has 0 aliphatic carbocycles. The summed E-state index contributed by atoms with van der Waals surface area (Å²) in [7, 11) is 3.54. The maximum absolute atomic E-state index is 13.1. The fourth-order valence-corrected chi connectivity index (χ4v) is 4.48. The summed E-state index contributed by atoms with van der Waals surface area (Å²) in [5, 5.41) is 9.19. The van der Waals surface area contributed by atoms with Gasteiger partial charge < -0.3 is 4.90 Å². The molecule has 6 nitrogen and oxygen atoms in total. The summed E-state index contributed by atoms with van der Waals surface area (Å²) >= 11 is 1.40. The highest BCUT2D eigenvalue weighted by Gasteiger charge is 2.28. The smallest absolute Gasteiger partial charge is 0.240 e. The molecule has 1 amide bonds. The lowest BCUT2D eigenvalue weighted by atomic mass is 10.1. The van der Waals surface area contributed by atoms with E-state index >= 15 is 0 Å². The molecule has 1 unspecified atom stereocenters. The molecule has 2 heterocycles. The average Bonchev–Trinajstić information content (AvgIpc) is 3.22. The summed E-state index contributed by atoms with van der Waals surface area (Å²) in [6.07, 6.45) is 3.50. The summed E-state index contributed by atoms with van der Waals surface area (Å²) in [6, 6.07) is 21.7. The zero-order valence-electron chi connectivity index (χ0n) is 17.6. The Bertz CT molecular complexity index is 1180. The number of rotatable bonds is 6. The van der Waals surface area contributed by atoms with Crippen LogP contribution >= 0.6 is 11.8 Å². The number of para-hydroxylation sites is 1. The summed E-state index contributed by atoms with van der Waals surface area (Å²) in [5.41, 5.74) is 3.84. The van der Waals surface area contributed by atoms with Gasteiger partial charge in [-0.15, -0.1) is 10.2 Å². The van der Waals surface area contributed by atoms with E-state index in [0.717, 1.165) is 22.4 Å². The SMILES string of the molecule is Cc1ccccc1-n1c(SC(C(=O)N(C)C)c2ccccc2)nnc1-c1cccnc1. The van der Waals surface area contributed by atoms with E-state index in [1.807, 2.05) is 65.2 Å². The van der Waals surface area contributed by atoms with Crippen molar-refractivity contribution in [2.75, 3.05) is 14.1 Å². The van der Waals surface area contributed by atoms with Crippen molar-refractivity contribution in [1.29, 1.82) is 0 Å². The number of amides is 1. The third kappa shape index (κ3) is 4.36. The lowest BCUT2D eigenvalue weighted by Crippen LogP contribution is -2.27. The quantitative estimate of drug-likeness (QED) is 0.421. The second-order valence-corrected chi connectivity index (χ2v) is 8.38. The van der Waals surface area contributed by atoms with Crippen molar-refractivity contribution in [3.8, 4) is 17.1 Å². The third-order valence-electron chi connectivity index (χ3n) is 4.90. The van der Waals surface area contributed by atoms with Gasteiger partial charge in [-0.1, -0.05) is 60.3 Å². The van der Waals surface area contributed by atoms with Crippen LogP contribution in [0.5, 0.6) is 0 Å². The van der Waals surface area contributed by atoms with Gasteiger partial charge in [-0.05, 0) is 36.2 Å². The minimum Gasteiger partial charge on any atom is -0.348 e. The van der Waals surface area contributed by atoms with Crippen LogP contribution in [0.1, 0.15) is 16.4 Å². The number of aromatic nitrogens is 4. The molecule has 0 bridgehead atoms. The van der Waals surface area contributed by atoms with Crippen molar-refractivity contribution in [3.05, 3.63) is 90.3 Å². The number of benzene rings is 2. The molecule has 7 heteroatoms. The van der Waals surface area contributed by atoms with Crippen molar-refractivity contribution < 1.29 is 4.79 Å². The lowest BCUT2D eigenvalue weighted by molar-refractivity contribution is -0.128. The van der Waals surface area contributed by atoms with Crippen molar-refractivity contribution in [1.82, 2.24) is 24.6 Å². The normalized spacial score (nSPS) is 11.8. The van der Waals surface area contributed by atoms with Crippen molar-refractivity contribution in [3.63, 3.8) is 0 Å². The number of thioether (sulfide) groups is 1. The topological polar surface area (TPSA) is 63.9 Å². The van der Waals surface area contributed by atoms with Crippen LogP contribution in [0, 0.1) is 6.92 Å². The molecular weight excluding hydrogens is 406 g/mol. The maximum Gasteiger partial charge on any atom is 0.240 e. The molecule has 0 aliphatic heterocycles. The predicted octanol–water partition coefficient (Wildman–Crippen LogP) is 4.56. The summed E-state index contributed by atoms with van der Waals surface area (Å²) in [6.45, 7) is 2.05. The van der Waals surface area contributed by atoms with Gasteiger partial charge in [-0.2, -0.15) is 0 Å². The number of carbonyl (C=O) groups is 1. The highest BCUT2D eigenvalue weighted by molar-refractivity contribution is 8.00. The minimum atomic E-state index is -0.440. The number of hydrogen-bond donors (Lipinski definition) is 0. The third-order valence-corrected chi connectivity index (χ3v) is 6.08. The molecule has 4 rings (SSSR count). The Morgan fingerprint density at radius 1 is 0.968 bits per heavy atom. The standard InChI is InChI=1S/C24H23N5OS/c1-17-10-7-8-14-20(17)29-22(19-13-9-15-25-16-19)26-27-24(29)31-21(23(30)28(2)3)18-11-5-4-6-12-18/h4-16,21H,1-3H3. The first-order chi connectivity index (χ1) is 15.1. The zero-order valence-corrected chi connectivity index (χ0v) is 18.5. The van der Waals surface area contributed by atoms with E-state index in [1.54, 1.807) is 31.4 Å². The first-order valence-corrected chi connectivity index (χ1v) is 10.8. The summed E-state index contributed by atoms with van der Waals surface area (Å²) < 4.78 is 2.01. The Morgan fingerprint density at radius 3 is 2.39 bits per heavy atom. The van der Waals surface area contributed by atoms with E-state index < -0.39 is 5.25 Å². The molecule has 0 N–H and O–H groups in total. The van der Waals surface area contributed by atoms with Crippen LogP contribution in [0.3, 0.4) is 0 Å². The first-order valence-electron chi connectivity index (χ1n) is 9.91. The molecule has 4 aromatic rings.